The Morgan fingerprint density at radius 3 is 2.81 bits per heavy atom. The van der Waals surface area contributed by atoms with Gasteiger partial charge in [-0.2, -0.15) is 0 Å². The first-order chi connectivity index (χ1) is 10.0. The lowest BCUT2D eigenvalue weighted by Crippen LogP contribution is -2.42. The van der Waals surface area contributed by atoms with E-state index >= 15 is 0 Å². The quantitative estimate of drug-likeness (QED) is 0.771. The number of hydrogen-bond acceptors (Lipinski definition) is 3. The fraction of sp³-hybridized carbons (Fsp3) is 0.500. The Bertz CT molecular complexity index is 528. The van der Waals surface area contributed by atoms with Crippen molar-refractivity contribution < 1.29 is 14.7 Å². The SMILES string of the molecule is CC(C)CC(CO)NC(=O)C1CC(=O)Nc2ccccc21. The summed E-state index contributed by atoms with van der Waals surface area (Å²) in [5.74, 6) is -0.462. The summed E-state index contributed by atoms with van der Waals surface area (Å²) in [5.41, 5.74) is 1.52. The highest BCUT2D eigenvalue weighted by Gasteiger charge is 2.31. The van der Waals surface area contributed by atoms with Gasteiger partial charge in [0.1, 0.15) is 0 Å². The number of para-hydroxylation sites is 1. The number of carbonyl (C=O) groups excluding carboxylic acids is 2. The number of carbonyl (C=O) groups is 2. The number of aliphatic hydroxyl groups is 1. The van der Waals surface area contributed by atoms with Crippen LogP contribution in [0.25, 0.3) is 0 Å². The molecule has 5 nitrogen and oxygen atoms in total. The van der Waals surface area contributed by atoms with Crippen LogP contribution in [-0.4, -0.2) is 29.6 Å². The molecule has 1 aliphatic heterocycles. The maximum absolute atomic E-state index is 12.5. The van der Waals surface area contributed by atoms with Crippen LogP contribution in [0.3, 0.4) is 0 Å². The first-order valence-electron chi connectivity index (χ1n) is 7.31. The van der Waals surface area contributed by atoms with E-state index in [2.05, 4.69) is 10.6 Å². The van der Waals surface area contributed by atoms with Crippen molar-refractivity contribution in [1.29, 1.82) is 0 Å². The molecule has 1 aromatic rings. The molecule has 0 saturated heterocycles. The molecule has 1 heterocycles. The fourth-order valence-electron chi connectivity index (χ4n) is 2.70. The van der Waals surface area contributed by atoms with Gasteiger partial charge in [-0.3, -0.25) is 9.59 Å². The highest BCUT2D eigenvalue weighted by atomic mass is 16.3. The molecule has 21 heavy (non-hydrogen) atoms. The zero-order valence-corrected chi connectivity index (χ0v) is 12.4. The van der Waals surface area contributed by atoms with Gasteiger partial charge in [-0.1, -0.05) is 32.0 Å². The van der Waals surface area contributed by atoms with Gasteiger partial charge in [0.25, 0.3) is 0 Å². The number of anilines is 1. The van der Waals surface area contributed by atoms with Gasteiger partial charge in [-0.25, -0.2) is 0 Å². The van der Waals surface area contributed by atoms with Crippen molar-refractivity contribution in [2.45, 2.75) is 38.6 Å². The first kappa shape index (κ1) is 15.5. The third-order valence-corrected chi connectivity index (χ3v) is 3.64. The minimum atomic E-state index is -0.490. The summed E-state index contributed by atoms with van der Waals surface area (Å²) in [6.07, 6.45) is 0.853. The molecule has 2 amide bonds. The lowest BCUT2D eigenvalue weighted by atomic mass is 9.89. The molecule has 0 fully saturated rings. The minimum absolute atomic E-state index is 0.0928. The van der Waals surface area contributed by atoms with Crippen LogP contribution in [0.4, 0.5) is 5.69 Å². The monoisotopic (exact) mass is 290 g/mol. The van der Waals surface area contributed by atoms with E-state index in [0.717, 1.165) is 5.56 Å². The maximum Gasteiger partial charge on any atom is 0.228 e. The molecule has 0 saturated carbocycles. The number of rotatable bonds is 5. The number of fused-ring (bicyclic) bond motifs is 1. The van der Waals surface area contributed by atoms with Gasteiger partial charge >= 0.3 is 0 Å². The van der Waals surface area contributed by atoms with Crippen LogP contribution in [0, 0.1) is 5.92 Å². The summed E-state index contributed by atoms with van der Waals surface area (Å²) in [5, 5.41) is 15.0. The van der Waals surface area contributed by atoms with Gasteiger partial charge < -0.3 is 15.7 Å². The fourth-order valence-corrected chi connectivity index (χ4v) is 2.70. The molecule has 2 unspecified atom stereocenters. The Labute approximate surface area is 124 Å². The number of aliphatic hydroxyl groups excluding tert-OH is 1. The molecule has 1 aliphatic rings. The topological polar surface area (TPSA) is 78.4 Å². The van der Waals surface area contributed by atoms with Crippen molar-refractivity contribution in [1.82, 2.24) is 5.32 Å². The van der Waals surface area contributed by atoms with Crippen LogP contribution in [0.1, 0.15) is 38.2 Å². The van der Waals surface area contributed by atoms with Crippen molar-refractivity contribution >= 4 is 17.5 Å². The Morgan fingerprint density at radius 1 is 1.43 bits per heavy atom. The van der Waals surface area contributed by atoms with Crippen LogP contribution in [0.15, 0.2) is 24.3 Å². The number of benzene rings is 1. The largest absolute Gasteiger partial charge is 0.394 e. The maximum atomic E-state index is 12.5. The summed E-state index contributed by atoms with van der Waals surface area (Å²) in [6.45, 7) is 3.99. The number of hydrogen-bond donors (Lipinski definition) is 3. The van der Waals surface area contributed by atoms with E-state index in [1.54, 1.807) is 6.07 Å². The van der Waals surface area contributed by atoms with Crippen molar-refractivity contribution in [2.24, 2.45) is 5.92 Å². The Morgan fingerprint density at radius 2 is 2.14 bits per heavy atom. The van der Waals surface area contributed by atoms with E-state index < -0.39 is 5.92 Å². The Balaban J connectivity index is 2.14. The van der Waals surface area contributed by atoms with E-state index in [-0.39, 0.29) is 30.9 Å². The van der Waals surface area contributed by atoms with E-state index in [1.165, 1.54) is 0 Å². The molecule has 114 valence electrons. The Hall–Kier alpha value is -1.88. The highest BCUT2D eigenvalue weighted by molar-refractivity contribution is 6.01. The smallest absolute Gasteiger partial charge is 0.228 e. The van der Waals surface area contributed by atoms with Crippen LogP contribution in [0.2, 0.25) is 0 Å². The van der Waals surface area contributed by atoms with Gasteiger partial charge in [0.15, 0.2) is 0 Å². The molecule has 0 aliphatic carbocycles. The van der Waals surface area contributed by atoms with E-state index in [9.17, 15) is 14.7 Å². The zero-order valence-electron chi connectivity index (χ0n) is 12.4. The standard InChI is InChI=1S/C16H22N2O3/c1-10(2)7-11(9-19)17-16(21)13-8-15(20)18-14-6-4-3-5-12(13)14/h3-6,10-11,13,19H,7-9H2,1-2H3,(H,17,21)(H,18,20). The normalized spacial score (nSPS) is 18.9. The van der Waals surface area contributed by atoms with E-state index in [1.807, 2.05) is 32.0 Å². The number of nitrogens with one attached hydrogen (secondary N) is 2. The van der Waals surface area contributed by atoms with Crippen molar-refractivity contribution in [3.05, 3.63) is 29.8 Å². The molecule has 0 aromatic heterocycles. The lowest BCUT2D eigenvalue weighted by Gasteiger charge is -2.27. The first-order valence-corrected chi connectivity index (χ1v) is 7.31. The summed E-state index contributed by atoms with van der Waals surface area (Å²) >= 11 is 0. The second-order valence-electron chi connectivity index (χ2n) is 5.91. The predicted octanol–water partition coefficient (Wildman–Crippen LogP) is 1.64. The number of amides is 2. The second-order valence-corrected chi connectivity index (χ2v) is 5.91. The summed E-state index contributed by atoms with van der Waals surface area (Å²) in [4.78, 5) is 24.2. The van der Waals surface area contributed by atoms with Crippen molar-refractivity contribution in [3.8, 4) is 0 Å². The highest BCUT2D eigenvalue weighted by Crippen LogP contribution is 2.32. The molecule has 5 heteroatoms. The van der Waals surface area contributed by atoms with Gasteiger partial charge in [0, 0.05) is 12.1 Å². The molecule has 0 bridgehead atoms. The van der Waals surface area contributed by atoms with Crippen LogP contribution < -0.4 is 10.6 Å². The average molecular weight is 290 g/mol. The van der Waals surface area contributed by atoms with Crippen LogP contribution in [-0.2, 0) is 9.59 Å². The van der Waals surface area contributed by atoms with Crippen molar-refractivity contribution in [2.75, 3.05) is 11.9 Å². The van der Waals surface area contributed by atoms with E-state index in [0.29, 0.717) is 18.0 Å². The second kappa shape index (κ2) is 6.72. The third kappa shape index (κ3) is 3.82. The molecular weight excluding hydrogens is 268 g/mol. The molecule has 3 N–H and O–H groups in total. The average Bonchev–Trinajstić information content (AvgIpc) is 2.44. The van der Waals surface area contributed by atoms with E-state index in [4.69, 9.17) is 0 Å². The van der Waals surface area contributed by atoms with Gasteiger partial charge in [-0.15, -0.1) is 0 Å². The zero-order chi connectivity index (χ0) is 15.4. The van der Waals surface area contributed by atoms with Crippen molar-refractivity contribution in [3.63, 3.8) is 0 Å². The Kier molecular flexibility index (Phi) is 4.96. The summed E-state index contributed by atoms with van der Waals surface area (Å²) < 4.78 is 0. The van der Waals surface area contributed by atoms with Gasteiger partial charge in [0.2, 0.25) is 11.8 Å². The van der Waals surface area contributed by atoms with Gasteiger partial charge in [0.05, 0.1) is 18.6 Å². The van der Waals surface area contributed by atoms with Gasteiger partial charge in [-0.05, 0) is 24.0 Å². The molecule has 0 spiro atoms. The molecule has 2 atom stereocenters. The molecule has 0 radical (unpaired) electrons. The molecular formula is C16H22N2O3. The summed E-state index contributed by atoms with van der Waals surface area (Å²) in [7, 11) is 0. The molecule has 1 aromatic carbocycles. The third-order valence-electron chi connectivity index (χ3n) is 3.64. The van der Waals surface area contributed by atoms with Crippen LogP contribution in [0.5, 0.6) is 0 Å². The summed E-state index contributed by atoms with van der Waals surface area (Å²) in [6, 6.07) is 7.07. The lowest BCUT2D eigenvalue weighted by molar-refractivity contribution is -0.127. The minimum Gasteiger partial charge on any atom is -0.394 e. The predicted molar refractivity (Wildman–Crippen MR) is 80.9 cm³/mol. The van der Waals surface area contributed by atoms with Crippen LogP contribution >= 0.6 is 0 Å². The molecule has 2 rings (SSSR count).